The van der Waals surface area contributed by atoms with Gasteiger partial charge in [-0.15, -0.1) is 0 Å². The van der Waals surface area contributed by atoms with Gasteiger partial charge in [0, 0.05) is 51.7 Å². The van der Waals surface area contributed by atoms with Crippen molar-refractivity contribution >= 4 is 48.9 Å². The molecule has 25 heavy (non-hydrogen) atoms. The lowest BCUT2D eigenvalue weighted by atomic mass is 10.0. The van der Waals surface area contributed by atoms with Crippen molar-refractivity contribution in [3.8, 4) is 0 Å². The van der Waals surface area contributed by atoms with E-state index in [0.717, 1.165) is 16.4 Å². The lowest BCUT2D eigenvalue weighted by Gasteiger charge is -2.10. The molecule has 0 aliphatic carbocycles. The number of pyridine rings is 3. The highest BCUT2D eigenvalue weighted by molar-refractivity contribution is 6.21. The molecule has 0 saturated heterocycles. The van der Waals surface area contributed by atoms with Crippen LogP contribution in [0.2, 0.25) is 0 Å². The first-order valence-electron chi connectivity index (χ1n) is 8.34. The van der Waals surface area contributed by atoms with Crippen LogP contribution in [0.25, 0.3) is 48.9 Å². The molecule has 0 aliphatic rings. The third-order valence-electron chi connectivity index (χ3n) is 5.06. The van der Waals surface area contributed by atoms with Crippen molar-refractivity contribution < 1.29 is 0 Å². The fourth-order valence-electron chi connectivity index (χ4n) is 3.95. The van der Waals surface area contributed by atoms with Crippen LogP contribution in [-0.4, -0.2) is 14.4 Å². The maximum absolute atomic E-state index is 4.68. The average Bonchev–Trinajstić information content (AvgIpc) is 3.07. The van der Waals surface area contributed by atoms with Crippen LogP contribution < -0.4 is 0 Å². The van der Waals surface area contributed by atoms with Gasteiger partial charge in [-0.1, -0.05) is 24.3 Å². The number of hydrogen-bond donors (Lipinski definition) is 0. The van der Waals surface area contributed by atoms with E-state index in [4.69, 9.17) is 0 Å². The van der Waals surface area contributed by atoms with E-state index in [1.807, 2.05) is 24.7 Å². The zero-order chi connectivity index (χ0) is 16.4. The standard InChI is InChI=1S/C22H13N3/c1-2-5-17-15(4-1)13-25-21(17)20-10-14-7-9-23-12-16(14)11-19(20)18-6-3-8-24-22(18)25/h1-13H. The molecule has 116 valence electrons. The van der Waals surface area contributed by atoms with Crippen molar-refractivity contribution in [3.05, 3.63) is 79.4 Å². The molecule has 6 rings (SSSR count). The number of aromatic nitrogens is 3. The highest BCUT2D eigenvalue weighted by atomic mass is 15.0. The molecule has 0 radical (unpaired) electrons. The SMILES string of the molecule is c1ccc2c(c1)cn1c3ncccc3c3cc4cnccc4cc3c21. The Morgan fingerprint density at radius 3 is 2.56 bits per heavy atom. The number of rotatable bonds is 0. The average molecular weight is 319 g/mol. The van der Waals surface area contributed by atoms with Gasteiger partial charge in [-0.3, -0.25) is 9.38 Å². The molecule has 0 amide bonds. The molecule has 4 heterocycles. The Kier molecular flexibility index (Phi) is 2.35. The molecule has 3 heteroatoms. The van der Waals surface area contributed by atoms with Crippen LogP contribution in [0.5, 0.6) is 0 Å². The fourth-order valence-corrected chi connectivity index (χ4v) is 3.95. The molecule has 2 aromatic carbocycles. The lowest BCUT2D eigenvalue weighted by molar-refractivity contribution is 1.21. The largest absolute Gasteiger partial charge is 0.299 e. The Labute approximate surface area is 143 Å². The first-order valence-corrected chi connectivity index (χ1v) is 8.34. The normalized spacial score (nSPS) is 12.0. The predicted molar refractivity (Wildman–Crippen MR) is 103 cm³/mol. The van der Waals surface area contributed by atoms with E-state index in [2.05, 4.69) is 69.1 Å². The molecule has 3 nitrogen and oxygen atoms in total. The number of nitrogens with zero attached hydrogens (tertiary/aromatic N) is 3. The minimum atomic E-state index is 0.990. The van der Waals surface area contributed by atoms with Gasteiger partial charge in [-0.05, 0) is 41.1 Å². The molecular formula is C22H13N3. The third-order valence-corrected chi connectivity index (χ3v) is 5.06. The van der Waals surface area contributed by atoms with Crippen LogP contribution >= 0.6 is 0 Å². The van der Waals surface area contributed by atoms with Crippen molar-refractivity contribution in [2.24, 2.45) is 0 Å². The quantitative estimate of drug-likeness (QED) is 0.279. The van der Waals surface area contributed by atoms with E-state index >= 15 is 0 Å². The molecule has 6 aromatic rings. The summed E-state index contributed by atoms with van der Waals surface area (Å²) in [7, 11) is 0. The van der Waals surface area contributed by atoms with Crippen molar-refractivity contribution in [2.45, 2.75) is 0 Å². The zero-order valence-electron chi connectivity index (χ0n) is 13.3. The van der Waals surface area contributed by atoms with Gasteiger partial charge in [-0.25, -0.2) is 4.98 Å². The first kappa shape index (κ1) is 12.9. The van der Waals surface area contributed by atoms with Gasteiger partial charge >= 0.3 is 0 Å². The van der Waals surface area contributed by atoms with Crippen LogP contribution in [0.15, 0.2) is 79.4 Å². The summed E-state index contributed by atoms with van der Waals surface area (Å²) in [5.74, 6) is 0. The summed E-state index contributed by atoms with van der Waals surface area (Å²) in [6.07, 6.45) is 7.83. The van der Waals surface area contributed by atoms with Crippen molar-refractivity contribution in [2.75, 3.05) is 0 Å². The van der Waals surface area contributed by atoms with Crippen molar-refractivity contribution in [1.82, 2.24) is 14.4 Å². The van der Waals surface area contributed by atoms with Crippen molar-refractivity contribution in [3.63, 3.8) is 0 Å². The van der Waals surface area contributed by atoms with Gasteiger partial charge in [0.15, 0.2) is 0 Å². The van der Waals surface area contributed by atoms with E-state index < -0.39 is 0 Å². The molecule has 0 bridgehead atoms. The van der Waals surface area contributed by atoms with Gasteiger partial charge in [0.2, 0.25) is 0 Å². The van der Waals surface area contributed by atoms with Crippen LogP contribution in [0, 0.1) is 0 Å². The maximum atomic E-state index is 4.68. The number of benzene rings is 2. The smallest absolute Gasteiger partial charge is 0.145 e. The molecule has 0 saturated carbocycles. The van der Waals surface area contributed by atoms with E-state index in [0.29, 0.717) is 0 Å². The molecular weight excluding hydrogens is 306 g/mol. The summed E-state index contributed by atoms with van der Waals surface area (Å²) in [5.41, 5.74) is 2.21. The highest BCUT2D eigenvalue weighted by Gasteiger charge is 2.13. The Morgan fingerprint density at radius 2 is 1.56 bits per heavy atom. The van der Waals surface area contributed by atoms with Gasteiger partial charge < -0.3 is 0 Å². The summed E-state index contributed by atoms with van der Waals surface area (Å²) in [6.45, 7) is 0. The second-order valence-electron chi connectivity index (χ2n) is 6.43. The second kappa shape index (κ2) is 4.54. The highest BCUT2D eigenvalue weighted by Crippen LogP contribution is 2.36. The van der Waals surface area contributed by atoms with Crippen LogP contribution in [-0.2, 0) is 0 Å². The minimum absolute atomic E-state index is 0.990. The van der Waals surface area contributed by atoms with Crippen LogP contribution in [0.4, 0.5) is 0 Å². The van der Waals surface area contributed by atoms with Crippen LogP contribution in [0.1, 0.15) is 0 Å². The molecule has 0 spiro atoms. The lowest BCUT2D eigenvalue weighted by Crippen LogP contribution is -1.92. The summed E-state index contributed by atoms with van der Waals surface area (Å²) in [4.78, 5) is 8.96. The molecule has 0 atom stereocenters. The fraction of sp³-hybridized carbons (Fsp3) is 0. The summed E-state index contributed by atoms with van der Waals surface area (Å²) >= 11 is 0. The van der Waals surface area contributed by atoms with Gasteiger partial charge in [-0.2, -0.15) is 0 Å². The molecule has 4 aromatic heterocycles. The summed E-state index contributed by atoms with van der Waals surface area (Å²) in [5, 5.41) is 8.49. The maximum Gasteiger partial charge on any atom is 0.145 e. The van der Waals surface area contributed by atoms with E-state index in [9.17, 15) is 0 Å². The second-order valence-corrected chi connectivity index (χ2v) is 6.43. The Hall–Kier alpha value is -3.46. The molecule has 0 fully saturated rings. The Bertz CT molecular complexity index is 1440. The van der Waals surface area contributed by atoms with Crippen LogP contribution in [0.3, 0.4) is 0 Å². The van der Waals surface area contributed by atoms with Gasteiger partial charge in [0.05, 0.1) is 5.52 Å². The topological polar surface area (TPSA) is 30.2 Å². The molecule has 0 N–H and O–H groups in total. The van der Waals surface area contributed by atoms with E-state index in [-0.39, 0.29) is 0 Å². The number of hydrogen-bond acceptors (Lipinski definition) is 2. The predicted octanol–water partition coefficient (Wildman–Crippen LogP) is 5.34. The minimum Gasteiger partial charge on any atom is -0.299 e. The van der Waals surface area contributed by atoms with Gasteiger partial charge in [0.25, 0.3) is 0 Å². The summed E-state index contributed by atoms with van der Waals surface area (Å²) in [6, 6.07) is 19.3. The monoisotopic (exact) mass is 319 g/mol. The van der Waals surface area contributed by atoms with E-state index in [1.54, 1.807) is 0 Å². The van der Waals surface area contributed by atoms with E-state index in [1.165, 1.54) is 32.4 Å². The Balaban J connectivity index is 2.03. The molecule has 0 unspecified atom stereocenters. The zero-order valence-corrected chi connectivity index (χ0v) is 13.3. The Morgan fingerprint density at radius 1 is 0.680 bits per heavy atom. The molecule has 0 aliphatic heterocycles. The number of fused-ring (bicyclic) bond motifs is 9. The van der Waals surface area contributed by atoms with Gasteiger partial charge in [0.1, 0.15) is 5.65 Å². The first-order chi connectivity index (χ1) is 12.4. The van der Waals surface area contributed by atoms with Crippen molar-refractivity contribution in [1.29, 1.82) is 0 Å². The summed E-state index contributed by atoms with van der Waals surface area (Å²) < 4.78 is 2.23. The third kappa shape index (κ3) is 1.64.